The van der Waals surface area contributed by atoms with E-state index in [0.717, 1.165) is 5.56 Å². The monoisotopic (exact) mass is 403 g/mol. The summed E-state index contributed by atoms with van der Waals surface area (Å²) in [4.78, 5) is 12.5. The molecule has 0 spiro atoms. The molecule has 6 heteroatoms. The zero-order chi connectivity index (χ0) is 20.9. The zero-order valence-corrected chi connectivity index (χ0v) is 16.4. The van der Waals surface area contributed by atoms with Crippen molar-refractivity contribution in [2.75, 3.05) is 0 Å². The summed E-state index contributed by atoms with van der Waals surface area (Å²) >= 11 is 0. The SMILES string of the molecule is Cc1ccc(S(=O)(=O)Oc2cccc(C=C(C#N)C(=O)c3ccccc3)c2)cc1. The number of ketones is 1. The Morgan fingerprint density at radius 3 is 2.31 bits per heavy atom. The highest BCUT2D eigenvalue weighted by Crippen LogP contribution is 2.22. The number of carbonyl (C=O) groups is 1. The quantitative estimate of drug-likeness (QED) is 0.261. The van der Waals surface area contributed by atoms with E-state index in [1.54, 1.807) is 54.6 Å². The minimum Gasteiger partial charge on any atom is -0.379 e. The molecule has 0 heterocycles. The van der Waals surface area contributed by atoms with Crippen molar-refractivity contribution in [1.82, 2.24) is 0 Å². The molecule has 0 unspecified atom stereocenters. The molecular formula is C23H17NO4S. The van der Waals surface area contributed by atoms with Crippen LogP contribution in [0.25, 0.3) is 6.08 Å². The first kappa shape index (κ1) is 20.1. The van der Waals surface area contributed by atoms with Crippen LogP contribution >= 0.6 is 0 Å². The molecule has 0 saturated carbocycles. The van der Waals surface area contributed by atoms with Crippen LogP contribution in [-0.2, 0) is 10.1 Å². The second-order valence-corrected chi connectivity index (χ2v) is 7.83. The Kier molecular flexibility index (Phi) is 5.91. The number of nitriles is 1. The van der Waals surface area contributed by atoms with Crippen LogP contribution in [0.15, 0.2) is 89.3 Å². The van der Waals surface area contributed by atoms with Crippen LogP contribution in [0.3, 0.4) is 0 Å². The minimum atomic E-state index is -3.99. The van der Waals surface area contributed by atoms with Crippen molar-refractivity contribution in [2.45, 2.75) is 11.8 Å². The first-order valence-electron chi connectivity index (χ1n) is 8.72. The molecule has 5 nitrogen and oxygen atoms in total. The Labute approximate surface area is 169 Å². The van der Waals surface area contributed by atoms with Crippen molar-refractivity contribution in [3.63, 3.8) is 0 Å². The Bertz CT molecular complexity index is 1210. The van der Waals surface area contributed by atoms with Crippen molar-refractivity contribution < 1.29 is 17.4 Å². The lowest BCUT2D eigenvalue weighted by atomic mass is 10.0. The fraction of sp³-hybridized carbons (Fsp3) is 0.0435. The fourth-order valence-electron chi connectivity index (χ4n) is 2.60. The van der Waals surface area contributed by atoms with Gasteiger partial charge in [0.2, 0.25) is 5.78 Å². The zero-order valence-electron chi connectivity index (χ0n) is 15.6. The van der Waals surface area contributed by atoms with Gasteiger partial charge in [0.1, 0.15) is 22.3 Å². The second kappa shape index (κ2) is 8.55. The molecule has 0 atom stereocenters. The number of rotatable bonds is 6. The van der Waals surface area contributed by atoms with Gasteiger partial charge >= 0.3 is 10.1 Å². The third kappa shape index (κ3) is 4.98. The summed E-state index contributed by atoms with van der Waals surface area (Å²) in [5.74, 6) is -0.324. The summed E-state index contributed by atoms with van der Waals surface area (Å²) in [5, 5.41) is 9.38. The predicted molar refractivity (Wildman–Crippen MR) is 110 cm³/mol. The Morgan fingerprint density at radius 2 is 1.66 bits per heavy atom. The molecule has 144 valence electrons. The maximum atomic E-state index is 12.5. The average molecular weight is 403 g/mol. The molecule has 3 aromatic carbocycles. The van der Waals surface area contributed by atoms with Gasteiger partial charge in [-0.2, -0.15) is 13.7 Å². The number of hydrogen-bond acceptors (Lipinski definition) is 5. The summed E-state index contributed by atoms with van der Waals surface area (Å²) in [7, 11) is -3.99. The van der Waals surface area contributed by atoms with Crippen LogP contribution in [0.4, 0.5) is 0 Å². The normalized spacial score (nSPS) is 11.5. The van der Waals surface area contributed by atoms with E-state index in [1.807, 2.05) is 13.0 Å². The highest BCUT2D eigenvalue weighted by Gasteiger charge is 2.17. The number of aryl methyl sites for hydroxylation is 1. The highest BCUT2D eigenvalue weighted by atomic mass is 32.2. The van der Waals surface area contributed by atoms with E-state index in [9.17, 15) is 18.5 Å². The van der Waals surface area contributed by atoms with Gasteiger partial charge in [0.05, 0.1) is 0 Å². The maximum Gasteiger partial charge on any atom is 0.339 e. The molecule has 3 aromatic rings. The number of allylic oxidation sites excluding steroid dienone is 1. The number of carbonyl (C=O) groups excluding carboxylic acids is 1. The van der Waals surface area contributed by atoms with Gasteiger partial charge in [-0.05, 0) is 42.8 Å². The number of nitrogens with zero attached hydrogens (tertiary/aromatic N) is 1. The Balaban J connectivity index is 1.87. The van der Waals surface area contributed by atoms with Gasteiger partial charge in [0, 0.05) is 5.56 Å². The summed E-state index contributed by atoms with van der Waals surface area (Å²) in [5.41, 5.74) is 1.75. The van der Waals surface area contributed by atoms with Gasteiger partial charge in [-0.1, -0.05) is 60.2 Å². The van der Waals surface area contributed by atoms with Gasteiger partial charge < -0.3 is 4.18 Å². The van der Waals surface area contributed by atoms with E-state index in [2.05, 4.69) is 0 Å². The van der Waals surface area contributed by atoms with Crippen LogP contribution in [0.5, 0.6) is 5.75 Å². The van der Waals surface area contributed by atoms with Crippen LogP contribution in [-0.4, -0.2) is 14.2 Å². The smallest absolute Gasteiger partial charge is 0.339 e. The standard InChI is InChI=1S/C23H17NO4S/c1-17-10-12-22(13-11-17)29(26,27)28-21-9-5-6-18(15-21)14-20(16-24)23(25)19-7-3-2-4-8-19/h2-15H,1H3. The number of Topliss-reactive ketones (excluding diaryl/α,β-unsaturated/α-hetero) is 1. The van der Waals surface area contributed by atoms with Gasteiger partial charge in [0.25, 0.3) is 0 Å². The van der Waals surface area contributed by atoms with Crippen molar-refractivity contribution >= 4 is 22.0 Å². The fourth-order valence-corrected chi connectivity index (χ4v) is 3.52. The van der Waals surface area contributed by atoms with E-state index < -0.39 is 15.9 Å². The number of hydrogen-bond donors (Lipinski definition) is 0. The molecule has 0 N–H and O–H groups in total. The molecule has 0 aromatic heterocycles. The summed E-state index contributed by atoms with van der Waals surface area (Å²) in [6.45, 7) is 1.86. The van der Waals surface area contributed by atoms with Gasteiger partial charge in [-0.15, -0.1) is 0 Å². The van der Waals surface area contributed by atoms with E-state index in [1.165, 1.54) is 30.3 Å². The van der Waals surface area contributed by atoms with Crippen LogP contribution in [0.1, 0.15) is 21.5 Å². The lowest BCUT2D eigenvalue weighted by Gasteiger charge is -2.08. The van der Waals surface area contributed by atoms with E-state index in [4.69, 9.17) is 4.18 Å². The first-order valence-corrected chi connectivity index (χ1v) is 10.1. The molecule has 0 fully saturated rings. The van der Waals surface area contributed by atoms with Crippen molar-refractivity contribution in [1.29, 1.82) is 5.26 Å². The summed E-state index contributed by atoms with van der Waals surface area (Å²) < 4.78 is 30.1. The minimum absolute atomic E-state index is 0.0426. The lowest BCUT2D eigenvalue weighted by molar-refractivity contribution is 0.104. The molecule has 29 heavy (non-hydrogen) atoms. The van der Waals surface area contributed by atoms with Crippen LogP contribution in [0, 0.1) is 18.3 Å². The van der Waals surface area contributed by atoms with Crippen molar-refractivity contribution in [3.8, 4) is 11.8 Å². The number of benzene rings is 3. The van der Waals surface area contributed by atoms with Crippen molar-refractivity contribution in [3.05, 3.63) is 101 Å². The molecule has 3 rings (SSSR count). The van der Waals surface area contributed by atoms with Crippen LogP contribution in [0.2, 0.25) is 0 Å². The second-order valence-electron chi connectivity index (χ2n) is 6.29. The van der Waals surface area contributed by atoms with Gasteiger partial charge in [0.15, 0.2) is 0 Å². The van der Waals surface area contributed by atoms with Gasteiger partial charge in [-0.25, -0.2) is 0 Å². The lowest BCUT2D eigenvalue weighted by Crippen LogP contribution is -2.09. The molecule has 0 aliphatic rings. The molecule has 0 amide bonds. The molecule has 0 saturated heterocycles. The molecular weight excluding hydrogens is 386 g/mol. The predicted octanol–water partition coefficient (Wildman–Crippen LogP) is 4.55. The molecule has 0 radical (unpaired) electrons. The van der Waals surface area contributed by atoms with E-state index in [-0.39, 0.29) is 16.2 Å². The topological polar surface area (TPSA) is 84.2 Å². The molecule has 0 bridgehead atoms. The first-order chi connectivity index (χ1) is 13.9. The third-order valence-corrected chi connectivity index (χ3v) is 5.35. The van der Waals surface area contributed by atoms with E-state index >= 15 is 0 Å². The van der Waals surface area contributed by atoms with Crippen molar-refractivity contribution in [2.24, 2.45) is 0 Å². The maximum absolute atomic E-state index is 12.5. The summed E-state index contributed by atoms with van der Waals surface area (Å²) in [6, 6.07) is 22.9. The Hall–Kier alpha value is -3.69. The molecule has 0 aliphatic carbocycles. The highest BCUT2D eigenvalue weighted by molar-refractivity contribution is 7.87. The third-order valence-electron chi connectivity index (χ3n) is 4.09. The molecule has 0 aliphatic heterocycles. The van der Waals surface area contributed by atoms with Gasteiger partial charge in [-0.3, -0.25) is 4.79 Å². The Morgan fingerprint density at radius 1 is 0.966 bits per heavy atom. The average Bonchev–Trinajstić information content (AvgIpc) is 2.72. The largest absolute Gasteiger partial charge is 0.379 e. The van der Waals surface area contributed by atoms with E-state index in [0.29, 0.717) is 11.1 Å². The van der Waals surface area contributed by atoms with Crippen LogP contribution < -0.4 is 4.18 Å². The summed E-state index contributed by atoms with van der Waals surface area (Å²) in [6.07, 6.45) is 1.40.